The summed E-state index contributed by atoms with van der Waals surface area (Å²) < 4.78 is 1.72. The van der Waals surface area contributed by atoms with Gasteiger partial charge in [-0.1, -0.05) is 0 Å². The van der Waals surface area contributed by atoms with Crippen molar-refractivity contribution in [3.63, 3.8) is 0 Å². The number of unbranched alkanes of at least 4 members (excludes halogenated alkanes) is 3. The van der Waals surface area contributed by atoms with Crippen LogP contribution in [0.4, 0.5) is 0 Å². The van der Waals surface area contributed by atoms with Crippen LogP contribution < -0.4 is 0 Å². The summed E-state index contributed by atoms with van der Waals surface area (Å²) >= 11 is -0.910. The van der Waals surface area contributed by atoms with Crippen LogP contribution in [0.3, 0.4) is 0 Å². The van der Waals surface area contributed by atoms with Gasteiger partial charge in [-0.05, 0) is 0 Å². The fourth-order valence-electron chi connectivity index (χ4n) is 3.68. The van der Waals surface area contributed by atoms with Crippen molar-refractivity contribution in [2.75, 3.05) is 0 Å². The van der Waals surface area contributed by atoms with Gasteiger partial charge in [-0.2, -0.15) is 0 Å². The molecule has 1 aromatic rings. The normalized spacial score (nSPS) is 14.0. The van der Waals surface area contributed by atoms with Crippen molar-refractivity contribution < 1.29 is 4.79 Å². The number of Topliss-reactive ketones (excluding diaryl/α,β-unsaturated/α-hetero) is 1. The second kappa shape index (κ2) is 9.79. The summed E-state index contributed by atoms with van der Waals surface area (Å²) in [5.41, 5.74) is 2.11. The molecule has 24 heavy (non-hydrogen) atoms. The van der Waals surface area contributed by atoms with E-state index in [9.17, 15) is 4.79 Å². The van der Waals surface area contributed by atoms with E-state index in [-0.39, 0.29) is 0 Å². The standard InChI is InChI=1S/C13H27.C9H5O.Sn/c1-4-7-10-13(11-8-5-2)12-9-6-3;10-9-6-5-7-3-1-2-4-8(7)9;/h4-12H2,1-3H3;1-5H;. The van der Waals surface area contributed by atoms with Gasteiger partial charge in [-0.3, -0.25) is 0 Å². The molecule has 0 aromatic heterocycles. The first-order chi connectivity index (χ1) is 11.7. The first kappa shape index (κ1) is 19.7. The third-order valence-electron chi connectivity index (χ3n) is 5.18. The molecular formula is C22H32OSn. The van der Waals surface area contributed by atoms with Crippen LogP contribution in [-0.4, -0.2) is 26.9 Å². The maximum atomic E-state index is 12.9. The SMILES string of the molecule is CCCC[C](CCCC)(CCCC)[Sn][C]1=Cc2ccccc2C1=O. The molecule has 0 bridgehead atoms. The topological polar surface area (TPSA) is 17.1 Å². The maximum absolute atomic E-state index is 12.9. The second-order valence-corrected chi connectivity index (χ2v) is 12.5. The van der Waals surface area contributed by atoms with Gasteiger partial charge in [0.15, 0.2) is 0 Å². The summed E-state index contributed by atoms with van der Waals surface area (Å²) in [4.78, 5) is 12.9. The zero-order valence-corrected chi connectivity index (χ0v) is 18.5. The quantitative estimate of drug-likeness (QED) is 0.358. The molecule has 0 unspecified atom stereocenters. The van der Waals surface area contributed by atoms with Crippen LogP contribution in [-0.2, 0) is 0 Å². The van der Waals surface area contributed by atoms with Crippen LogP contribution in [0.5, 0.6) is 0 Å². The van der Waals surface area contributed by atoms with E-state index in [0.717, 1.165) is 11.1 Å². The Bertz CT molecular complexity index is 551. The molecule has 0 heterocycles. The van der Waals surface area contributed by atoms with Gasteiger partial charge >= 0.3 is 159 Å². The van der Waals surface area contributed by atoms with Crippen molar-refractivity contribution in [3.8, 4) is 0 Å². The summed E-state index contributed by atoms with van der Waals surface area (Å²) in [6, 6.07) is 8.16. The van der Waals surface area contributed by atoms with Crippen LogP contribution in [0.1, 0.15) is 94.5 Å². The van der Waals surface area contributed by atoms with Crippen molar-refractivity contribution in [2.24, 2.45) is 0 Å². The number of benzene rings is 1. The van der Waals surface area contributed by atoms with Crippen LogP contribution >= 0.6 is 0 Å². The second-order valence-electron chi connectivity index (χ2n) is 7.19. The van der Waals surface area contributed by atoms with E-state index >= 15 is 0 Å². The fraction of sp³-hybridized carbons (Fsp3) is 0.591. The molecule has 130 valence electrons. The van der Waals surface area contributed by atoms with E-state index in [1.807, 2.05) is 12.1 Å². The molecule has 0 saturated heterocycles. The van der Waals surface area contributed by atoms with Crippen molar-refractivity contribution >= 4 is 33.0 Å². The predicted molar refractivity (Wildman–Crippen MR) is 106 cm³/mol. The Morgan fingerprint density at radius 3 is 1.92 bits per heavy atom. The Hall–Kier alpha value is -0.571. The Kier molecular flexibility index (Phi) is 8.06. The van der Waals surface area contributed by atoms with Crippen LogP contribution in [0.2, 0.25) is 3.43 Å². The van der Waals surface area contributed by atoms with E-state index in [4.69, 9.17) is 0 Å². The van der Waals surface area contributed by atoms with Gasteiger partial charge in [0.1, 0.15) is 0 Å². The summed E-state index contributed by atoms with van der Waals surface area (Å²) in [7, 11) is 0. The minimum absolute atomic E-state index is 0.353. The molecule has 0 aliphatic heterocycles. The average molecular weight is 431 g/mol. The molecule has 0 fully saturated rings. The number of hydrogen-bond acceptors (Lipinski definition) is 1. The molecule has 1 nitrogen and oxygen atoms in total. The van der Waals surface area contributed by atoms with Gasteiger partial charge in [-0.25, -0.2) is 0 Å². The molecule has 1 aromatic carbocycles. The first-order valence-electron chi connectivity index (χ1n) is 9.79. The number of hydrogen-bond donors (Lipinski definition) is 0. The van der Waals surface area contributed by atoms with E-state index in [0.29, 0.717) is 9.21 Å². The molecule has 2 radical (unpaired) electrons. The van der Waals surface area contributed by atoms with Crippen molar-refractivity contribution in [3.05, 3.63) is 39.0 Å². The van der Waals surface area contributed by atoms with Gasteiger partial charge in [0.2, 0.25) is 0 Å². The Morgan fingerprint density at radius 2 is 1.42 bits per heavy atom. The van der Waals surface area contributed by atoms with Gasteiger partial charge in [0.05, 0.1) is 0 Å². The van der Waals surface area contributed by atoms with Gasteiger partial charge in [0.25, 0.3) is 0 Å². The van der Waals surface area contributed by atoms with E-state index in [2.05, 4.69) is 39.0 Å². The minimum atomic E-state index is -0.910. The van der Waals surface area contributed by atoms with Crippen LogP contribution in [0.15, 0.2) is 27.9 Å². The Morgan fingerprint density at radius 1 is 0.875 bits per heavy atom. The third kappa shape index (κ3) is 4.97. The molecule has 0 spiro atoms. The molecule has 1 aliphatic carbocycles. The number of carbonyl (C=O) groups is 1. The summed E-state index contributed by atoms with van der Waals surface area (Å²) in [5, 5.41) is 0. The summed E-state index contributed by atoms with van der Waals surface area (Å²) in [6.07, 6.45) is 14.0. The predicted octanol–water partition coefficient (Wildman–Crippen LogP) is 6.66. The molecule has 0 saturated carbocycles. The van der Waals surface area contributed by atoms with Crippen LogP contribution in [0, 0.1) is 0 Å². The number of fused-ring (bicyclic) bond motifs is 1. The molecular weight excluding hydrogens is 399 g/mol. The molecule has 0 atom stereocenters. The third-order valence-corrected chi connectivity index (χ3v) is 10.7. The Labute approximate surface area is 158 Å². The molecule has 0 amide bonds. The number of allylic oxidation sites excluding steroid dienone is 1. The van der Waals surface area contributed by atoms with Crippen molar-refractivity contribution in [1.82, 2.24) is 0 Å². The van der Waals surface area contributed by atoms with Gasteiger partial charge < -0.3 is 0 Å². The first-order valence-corrected chi connectivity index (χ1v) is 12.6. The zero-order chi connectivity index (χ0) is 17.4. The summed E-state index contributed by atoms with van der Waals surface area (Å²) in [5.74, 6) is 0.353. The zero-order valence-electron chi connectivity index (χ0n) is 15.7. The van der Waals surface area contributed by atoms with Crippen LogP contribution in [0.25, 0.3) is 6.08 Å². The van der Waals surface area contributed by atoms with E-state index < -0.39 is 21.1 Å². The molecule has 0 N–H and O–H groups in total. The van der Waals surface area contributed by atoms with Crippen molar-refractivity contribution in [1.29, 1.82) is 0 Å². The monoisotopic (exact) mass is 432 g/mol. The number of carbonyl (C=O) groups excluding carboxylic acids is 1. The van der Waals surface area contributed by atoms with Crippen molar-refractivity contribution in [2.45, 2.75) is 82.0 Å². The average Bonchev–Trinajstić information content (AvgIpc) is 2.92. The molecule has 2 rings (SSSR count). The summed E-state index contributed by atoms with van der Waals surface area (Å²) in [6.45, 7) is 6.89. The molecule has 1 aliphatic rings. The molecule has 2 heteroatoms. The Balaban J connectivity index is 2.21. The van der Waals surface area contributed by atoms with Gasteiger partial charge in [0, 0.05) is 0 Å². The van der Waals surface area contributed by atoms with E-state index in [1.54, 1.807) is 0 Å². The number of rotatable bonds is 11. The van der Waals surface area contributed by atoms with E-state index in [1.165, 1.54) is 61.4 Å². The van der Waals surface area contributed by atoms with Gasteiger partial charge in [-0.15, -0.1) is 0 Å². The fourth-order valence-corrected chi connectivity index (χ4v) is 9.26. The number of ketones is 1.